The third-order valence-corrected chi connectivity index (χ3v) is 7.24. The number of carbonyl (C=O) groups is 3. The zero-order valence-electron chi connectivity index (χ0n) is 23.6. The summed E-state index contributed by atoms with van der Waals surface area (Å²) in [5.41, 5.74) is 1.59. The minimum Gasteiger partial charge on any atom is -0.373 e. The highest BCUT2D eigenvalue weighted by Crippen LogP contribution is 2.33. The summed E-state index contributed by atoms with van der Waals surface area (Å²) >= 11 is 0. The maximum Gasteiger partial charge on any atom is 0.416 e. The number of hydrogen-bond acceptors (Lipinski definition) is 5. The molecule has 1 saturated heterocycles. The molecule has 0 radical (unpaired) electrons. The van der Waals surface area contributed by atoms with Crippen molar-refractivity contribution in [3.8, 4) is 11.1 Å². The number of aryl methyl sites for hydroxylation is 1. The number of ketones is 1. The smallest absolute Gasteiger partial charge is 0.373 e. The van der Waals surface area contributed by atoms with E-state index >= 15 is 0 Å². The fraction of sp³-hybridized carbons (Fsp3) is 0.355. The molecule has 0 bridgehead atoms. The minimum absolute atomic E-state index is 0.0157. The lowest BCUT2D eigenvalue weighted by atomic mass is 9.79. The van der Waals surface area contributed by atoms with Crippen molar-refractivity contribution in [2.45, 2.75) is 45.2 Å². The number of pyridine rings is 1. The van der Waals surface area contributed by atoms with Crippen LogP contribution in [0.25, 0.3) is 11.1 Å². The normalized spacial score (nSPS) is 14.5. The van der Waals surface area contributed by atoms with Crippen LogP contribution in [0.4, 0.5) is 33.9 Å². The molecule has 42 heavy (non-hydrogen) atoms. The van der Waals surface area contributed by atoms with Gasteiger partial charge in [-0.2, -0.15) is 13.2 Å². The lowest BCUT2D eigenvalue weighted by Gasteiger charge is -2.24. The summed E-state index contributed by atoms with van der Waals surface area (Å²) in [7, 11) is 1.79. The molecule has 0 spiro atoms. The van der Waals surface area contributed by atoms with E-state index in [1.54, 1.807) is 30.3 Å². The van der Waals surface area contributed by atoms with Crippen LogP contribution in [0, 0.1) is 18.7 Å². The molecule has 224 valence electrons. The van der Waals surface area contributed by atoms with Crippen LogP contribution in [0.15, 0.2) is 54.7 Å². The fourth-order valence-electron chi connectivity index (χ4n) is 4.68. The van der Waals surface area contributed by atoms with E-state index in [9.17, 15) is 27.2 Å². The Morgan fingerprint density at radius 3 is 2.12 bits per heavy atom. The van der Waals surface area contributed by atoms with Crippen molar-refractivity contribution in [3.05, 3.63) is 77.2 Å². The Morgan fingerprint density at radius 1 is 0.952 bits per heavy atom. The second-order valence-electron chi connectivity index (χ2n) is 10.0. The molecule has 3 aromatic rings. The van der Waals surface area contributed by atoms with Crippen molar-refractivity contribution < 1.29 is 31.9 Å². The number of anilines is 2. The third-order valence-electron chi connectivity index (χ3n) is 7.24. The van der Waals surface area contributed by atoms with Gasteiger partial charge in [-0.1, -0.05) is 12.5 Å². The van der Waals surface area contributed by atoms with Gasteiger partial charge in [-0.3, -0.25) is 4.79 Å². The Balaban J connectivity index is 0.000000219. The number of hydrogen-bond donors (Lipinski definition) is 2. The standard InChI is InChI=1S/C17H17FN2O.C13H15F3N2O.CH2O/c1-19-16-8-6-13(10-20-16)12-5-7-14(15(18)9-12)17(21)11-3-2-4-11;1-9-8-10(4-5-11(9)13(14,15)16)17-12(19)18-6-2-3-7-18;1-2/h5-11H,2-4H2,1H3,(H,19,20);4-5,8H,2-3,6-7H2,1H3,(H,17,19);1H2. The number of amides is 2. The summed E-state index contributed by atoms with van der Waals surface area (Å²) in [6.45, 7) is 4.78. The quantitative estimate of drug-likeness (QED) is 0.241. The maximum absolute atomic E-state index is 14.2. The monoisotopic (exact) mass is 586 g/mol. The van der Waals surface area contributed by atoms with E-state index in [-0.39, 0.29) is 28.9 Å². The molecule has 0 atom stereocenters. The maximum atomic E-state index is 14.2. The van der Waals surface area contributed by atoms with E-state index in [2.05, 4.69) is 15.6 Å². The topological polar surface area (TPSA) is 91.4 Å². The van der Waals surface area contributed by atoms with E-state index in [1.165, 1.54) is 25.1 Å². The molecule has 1 aliphatic heterocycles. The molecule has 5 rings (SSSR count). The van der Waals surface area contributed by atoms with Gasteiger partial charge < -0.3 is 20.3 Å². The first-order valence-corrected chi connectivity index (χ1v) is 13.6. The first-order chi connectivity index (χ1) is 20.1. The van der Waals surface area contributed by atoms with Crippen LogP contribution in [0.1, 0.15) is 53.6 Å². The van der Waals surface area contributed by atoms with Crippen LogP contribution in [0.5, 0.6) is 0 Å². The number of rotatable bonds is 5. The summed E-state index contributed by atoms with van der Waals surface area (Å²) in [6.07, 6.45) is 2.11. The van der Waals surface area contributed by atoms with Gasteiger partial charge in [0.05, 0.1) is 11.1 Å². The predicted molar refractivity (Wildman–Crippen MR) is 154 cm³/mol. The van der Waals surface area contributed by atoms with Crippen LogP contribution in [0.2, 0.25) is 0 Å². The summed E-state index contributed by atoms with van der Waals surface area (Å²) in [4.78, 5) is 37.8. The summed E-state index contributed by atoms with van der Waals surface area (Å²) < 4.78 is 52.0. The molecule has 2 aromatic carbocycles. The molecule has 2 N–H and O–H groups in total. The zero-order chi connectivity index (χ0) is 30.9. The largest absolute Gasteiger partial charge is 0.416 e. The van der Waals surface area contributed by atoms with Crippen molar-refractivity contribution in [2.75, 3.05) is 30.8 Å². The fourth-order valence-corrected chi connectivity index (χ4v) is 4.68. The van der Waals surface area contributed by atoms with Crippen molar-refractivity contribution in [1.29, 1.82) is 0 Å². The van der Waals surface area contributed by atoms with E-state index in [0.717, 1.165) is 55.1 Å². The number of benzene rings is 2. The zero-order valence-corrected chi connectivity index (χ0v) is 23.6. The van der Waals surface area contributed by atoms with E-state index in [0.29, 0.717) is 18.8 Å². The molecular formula is C31H34F4N4O3. The van der Waals surface area contributed by atoms with Gasteiger partial charge in [-0.15, -0.1) is 0 Å². The number of Topliss-reactive ketones (excluding diaryl/α,β-unsaturated/α-hetero) is 1. The lowest BCUT2D eigenvalue weighted by Crippen LogP contribution is -2.32. The predicted octanol–water partition coefficient (Wildman–Crippen LogP) is 7.37. The van der Waals surface area contributed by atoms with Crippen molar-refractivity contribution >= 4 is 30.1 Å². The molecule has 7 nitrogen and oxygen atoms in total. The molecule has 0 unspecified atom stereocenters. The average molecular weight is 587 g/mol. The molecule has 1 saturated carbocycles. The van der Waals surface area contributed by atoms with Crippen molar-refractivity contribution in [3.63, 3.8) is 0 Å². The summed E-state index contributed by atoms with van der Waals surface area (Å²) in [5.74, 6) is 0.272. The van der Waals surface area contributed by atoms with Crippen molar-refractivity contribution in [1.82, 2.24) is 9.88 Å². The van der Waals surface area contributed by atoms with Gasteiger partial charge in [0.15, 0.2) is 5.78 Å². The lowest BCUT2D eigenvalue weighted by molar-refractivity contribution is -0.138. The minimum atomic E-state index is -4.36. The van der Waals surface area contributed by atoms with Crippen LogP contribution in [0.3, 0.4) is 0 Å². The van der Waals surface area contributed by atoms with Gasteiger partial charge in [-0.25, -0.2) is 14.2 Å². The van der Waals surface area contributed by atoms with E-state index < -0.39 is 17.6 Å². The second-order valence-corrected chi connectivity index (χ2v) is 10.0. The Kier molecular flexibility index (Phi) is 11.2. The highest BCUT2D eigenvalue weighted by atomic mass is 19.4. The highest BCUT2D eigenvalue weighted by molar-refractivity contribution is 5.99. The van der Waals surface area contributed by atoms with E-state index in [1.807, 2.05) is 18.9 Å². The molecule has 1 aliphatic carbocycles. The summed E-state index contributed by atoms with van der Waals surface area (Å²) in [6, 6.07) is 11.9. The van der Waals surface area contributed by atoms with Crippen LogP contribution >= 0.6 is 0 Å². The van der Waals surface area contributed by atoms with Gasteiger partial charge in [0, 0.05) is 43.5 Å². The third kappa shape index (κ3) is 8.14. The second kappa shape index (κ2) is 14.6. The Bertz CT molecular complexity index is 1370. The average Bonchev–Trinajstić information content (AvgIpc) is 3.48. The Hall–Kier alpha value is -4.28. The number of alkyl halides is 3. The van der Waals surface area contributed by atoms with Crippen LogP contribution < -0.4 is 10.6 Å². The van der Waals surface area contributed by atoms with Gasteiger partial charge in [0.1, 0.15) is 18.4 Å². The number of carbonyl (C=O) groups excluding carboxylic acids is 3. The molecule has 2 fully saturated rings. The van der Waals surface area contributed by atoms with Gasteiger partial charge in [-0.05, 0) is 86.2 Å². The van der Waals surface area contributed by atoms with Gasteiger partial charge in [0.25, 0.3) is 0 Å². The summed E-state index contributed by atoms with van der Waals surface area (Å²) in [5, 5.41) is 5.56. The molecule has 1 aromatic heterocycles. The first kappa shape index (κ1) is 32.2. The number of nitrogens with one attached hydrogen (secondary N) is 2. The molecule has 2 heterocycles. The van der Waals surface area contributed by atoms with E-state index in [4.69, 9.17) is 4.79 Å². The SMILES string of the molecule is C=O.CNc1ccc(-c2ccc(C(=O)C3CCC3)c(F)c2)cn1.Cc1cc(NC(=O)N2CCCC2)ccc1C(F)(F)F. The van der Waals surface area contributed by atoms with Gasteiger partial charge in [0.2, 0.25) is 0 Å². The number of aromatic nitrogens is 1. The number of nitrogens with zero attached hydrogens (tertiary/aromatic N) is 2. The molecular weight excluding hydrogens is 552 g/mol. The molecule has 11 heteroatoms. The van der Waals surface area contributed by atoms with Crippen molar-refractivity contribution in [2.24, 2.45) is 5.92 Å². The van der Waals surface area contributed by atoms with Crippen LogP contribution in [-0.4, -0.2) is 48.6 Å². The van der Waals surface area contributed by atoms with Crippen LogP contribution in [-0.2, 0) is 11.0 Å². The highest BCUT2D eigenvalue weighted by Gasteiger charge is 2.32. The number of urea groups is 1. The molecule has 2 aliphatic rings. The Labute approximate surface area is 242 Å². The number of halogens is 4. The number of likely N-dealkylation sites (tertiary alicyclic amines) is 1. The molecule has 2 amide bonds. The Morgan fingerprint density at radius 2 is 1.62 bits per heavy atom. The van der Waals surface area contributed by atoms with Gasteiger partial charge >= 0.3 is 12.2 Å². The first-order valence-electron chi connectivity index (χ1n) is 13.6.